The smallest absolute Gasteiger partial charge is 0.127 e. The Morgan fingerprint density at radius 1 is 1.46 bits per heavy atom. The highest BCUT2D eigenvalue weighted by Crippen LogP contribution is 2.25. The summed E-state index contributed by atoms with van der Waals surface area (Å²) in [4.78, 5) is 0. The molecule has 0 aliphatic rings. The monoisotopic (exact) mass is 241 g/mol. The summed E-state index contributed by atoms with van der Waals surface area (Å²) in [6.45, 7) is 3.57. The Morgan fingerprint density at radius 3 is 2.62 bits per heavy atom. The van der Waals surface area contributed by atoms with E-state index in [0.29, 0.717) is 5.56 Å². The molecule has 0 saturated carbocycles. The minimum absolute atomic E-state index is 0.258. The summed E-state index contributed by atoms with van der Waals surface area (Å²) in [5, 5.41) is 8.56. The van der Waals surface area contributed by atoms with Gasteiger partial charge in [-0.3, -0.25) is 0 Å². The second-order valence-electron chi connectivity index (χ2n) is 2.90. The molecule has 0 aliphatic carbocycles. The molecular formula is C10H9BrFN. The Hall–Kier alpha value is -0.880. The molecule has 0 spiro atoms. The first-order valence-electron chi connectivity index (χ1n) is 3.89. The molecule has 0 saturated heterocycles. The van der Waals surface area contributed by atoms with Gasteiger partial charge in [-0.1, -0.05) is 15.9 Å². The molecule has 0 N–H and O–H groups in total. The van der Waals surface area contributed by atoms with Gasteiger partial charge >= 0.3 is 0 Å². The summed E-state index contributed by atoms with van der Waals surface area (Å²) < 4.78 is 13.9. The summed E-state index contributed by atoms with van der Waals surface area (Å²) in [6.07, 6.45) is 0.258. The van der Waals surface area contributed by atoms with E-state index in [4.69, 9.17) is 5.26 Å². The highest BCUT2D eigenvalue weighted by atomic mass is 79.9. The summed E-state index contributed by atoms with van der Waals surface area (Å²) in [5.41, 5.74) is 2.30. The molecule has 0 fully saturated rings. The molecule has 13 heavy (non-hydrogen) atoms. The van der Waals surface area contributed by atoms with Crippen molar-refractivity contribution in [1.82, 2.24) is 0 Å². The highest BCUT2D eigenvalue weighted by molar-refractivity contribution is 9.10. The third kappa shape index (κ3) is 1.89. The molecule has 0 amide bonds. The van der Waals surface area contributed by atoms with Crippen LogP contribution in [0.4, 0.5) is 4.39 Å². The molecule has 1 aromatic rings. The van der Waals surface area contributed by atoms with Gasteiger partial charge in [0, 0.05) is 4.47 Å². The van der Waals surface area contributed by atoms with Crippen molar-refractivity contribution < 1.29 is 4.39 Å². The number of hydrogen-bond acceptors (Lipinski definition) is 1. The van der Waals surface area contributed by atoms with Crippen molar-refractivity contribution in [3.63, 3.8) is 0 Å². The lowest BCUT2D eigenvalue weighted by Gasteiger charge is -2.09. The molecule has 0 radical (unpaired) electrons. The van der Waals surface area contributed by atoms with Gasteiger partial charge in [-0.15, -0.1) is 0 Å². The normalized spacial score (nSPS) is 9.77. The van der Waals surface area contributed by atoms with Crippen molar-refractivity contribution in [3.05, 3.63) is 33.0 Å². The third-order valence-corrected chi connectivity index (χ3v) is 2.95. The van der Waals surface area contributed by atoms with E-state index in [9.17, 15) is 4.39 Å². The fraction of sp³-hybridized carbons (Fsp3) is 0.300. The van der Waals surface area contributed by atoms with Gasteiger partial charge in [0.15, 0.2) is 0 Å². The molecule has 0 heterocycles. The zero-order valence-corrected chi connectivity index (χ0v) is 9.07. The molecule has 0 aromatic heterocycles. The van der Waals surface area contributed by atoms with E-state index in [1.807, 2.05) is 13.0 Å². The molecule has 0 aliphatic heterocycles. The Labute approximate surface area is 85.3 Å². The fourth-order valence-corrected chi connectivity index (χ4v) is 1.68. The van der Waals surface area contributed by atoms with Crippen LogP contribution in [0, 0.1) is 31.0 Å². The molecule has 1 rings (SSSR count). The van der Waals surface area contributed by atoms with Gasteiger partial charge in [0.05, 0.1) is 12.5 Å². The summed E-state index contributed by atoms with van der Waals surface area (Å²) >= 11 is 3.25. The Kier molecular flexibility index (Phi) is 3.05. The van der Waals surface area contributed by atoms with Crippen molar-refractivity contribution in [2.45, 2.75) is 20.3 Å². The average molecular weight is 242 g/mol. The van der Waals surface area contributed by atoms with Crippen LogP contribution in [0.25, 0.3) is 0 Å². The van der Waals surface area contributed by atoms with Crippen LogP contribution in [0.3, 0.4) is 0 Å². The lowest BCUT2D eigenvalue weighted by molar-refractivity contribution is 0.614. The van der Waals surface area contributed by atoms with Crippen molar-refractivity contribution in [2.75, 3.05) is 0 Å². The minimum atomic E-state index is -0.261. The van der Waals surface area contributed by atoms with E-state index < -0.39 is 0 Å². The molecule has 3 heteroatoms. The summed E-state index contributed by atoms with van der Waals surface area (Å²) in [5.74, 6) is -0.261. The van der Waals surface area contributed by atoms with Gasteiger partial charge in [-0.05, 0) is 36.6 Å². The fourth-order valence-electron chi connectivity index (χ4n) is 1.24. The predicted octanol–water partition coefficient (Wildman–Crippen LogP) is 3.27. The Morgan fingerprint density at radius 2 is 2.08 bits per heavy atom. The van der Waals surface area contributed by atoms with Crippen LogP contribution in [0.5, 0.6) is 0 Å². The van der Waals surface area contributed by atoms with Crippen molar-refractivity contribution in [2.24, 2.45) is 0 Å². The van der Waals surface area contributed by atoms with Gasteiger partial charge in [-0.25, -0.2) is 4.39 Å². The number of hydrogen-bond donors (Lipinski definition) is 0. The number of benzene rings is 1. The molecule has 0 unspecified atom stereocenters. The molecular weight excluding hydrogens is 233 g/mol. The highest BCUT2D eigenvalue weighted by Gasteiger charge is 2.10. The van der Waals surface area contributed by atoms with E-state index >= 15 is 0 Å². The third-order valence-electron chi connectivity index (χ3n) is 2.13. The number of nitriles is 1. The number of nitrogens with zero attached hydrogens (tertiary/aromatic N) is 1. The standard InChI is InChI=1S/C10H9BrFN/c1-6-8(3-4-13)7(2)10(12)5-9(6)11/h5H,3H2,1-2H3. The second-order valence-corrected chi connectivity index (χ2v) is 3.76. The van der Waals surface area contributed by atoms with Crippen LogP contribution in [-0.4, -0.2) is 0 Å². The van der Waals surface area contributed by atoms with E-state index in [2.05, 4.69) is 15.9 Å². The summed E-state index contributed by atoms with van der Waals surface area (Å²) in [7, 11) is 0. The first kappa shape index (κ1) is 10.2. The lowest BCUT2D eigenvalue weighted by atomic mass is 10.0. The van der Waals surface area contributed by atoms with E-state index in [-0.39, 0.29) is 12.2 Å². The van der Waals surface area contributed by atoms with Crippen molar-refractivity contribution in [3.8, 4) is 6.07 Å². The van der Waals surface area contributed by atoms with Crippen LogP contribution in [0.15, 0.2) is 10.5 Å². The van der Waals surface area contributed by atoms with Crippen LogP contribution < -0.4 is 0 Å². The van der Waals surface area contributed by atoms with Crippen molar-refractivity contribution >= 4 is 15.9 Å². The molecule has 0 bridgehead atoms. The van der Waals surface area contributed by atoms with Crippen LogP contribution >= 0.6 is 15.9 Å². The van der Waals surface area contributed by atoms with E-state index in [1.165, 1.54) is 6.07 Å². The first-order valence-corrected chi connectivity index (χ1v) is 4.68. The zero-order chi connectivity index (χ0) is 10.0. The molecule has 0 atom stereocenters. The Balaban J connectivity index is 3.39. The number of halogens is 2. The van der Waals surface area contributed by atoms with E-state index in [1.54, 1.807) is 6.92 Å². The molecule has 1 nitrogen and oxygen atoms in total. The van der Waals surface area contributed by atoms with Crippen molar-refractivity contribution in [1.29, 1.82) is 5.26 Å². The van der Waals surface area contributed by atoms with Gasteiger partial charge in [0.1, 0.15) is 5.82 Å². The zero-order valence-electron chi connectivity index (χ0n) is 7.49. The first-order chi connectivity index (χ1) is 6.07. The largest absolute Gasteiger partial charge is 0.207 e. The quantitative estimate of drug-likeness (QED) is 0.741. The molecule has 68 valence electrons. The van der Waals surface area contributed by atoms with Gasteiger partial charge in [0.2, 0.25) is 0 Å². The SMILES string of the molecule is Cc1c(F)cc(Br)c(C)c1CC#N. The number of rotatable bonds is 1. The van der Waals surface area contributed by atoms with E-state index in [0.717, 1.165) is 15.6 Å². The van der Waals surface area contributed by atoms with Crippen LogP contribution in [0.1, 0.15) is 16.7 Å². The minimum Gasteiger partial charge on any atom is -0.207 e. The maximum Gasteiger partial charge on any atom is 0.127 e. The lowest BCUT2D eigenvalue weighted by Crippen LogP contribution is -1.97. The second kappa shape index (κ2) is 3.89. The maximum atomic E-state index is 13.2. The van der Waals surface area contributed by atoms with Crippen LogP contribution in [-0.2, 0) is 6.42 Å². The maximum absolute atomic E-state index is 13.2. The average Bonchev–Trinajstić information content (AvgIpc) is 2.09. The topological polar surface area (TPSA) is 23.8 Å². The van der Waals surface area contributed by atoms with Gasteiger partial charge < -0.3 is 0 Å². The predicted molar refractivity (Wildman–Crippen MR) is 52.9 cm³/mol. The van der Waals surface area contributed by atoms with Gasteiger partial charge in [0.25, 0.3) is 0 Å². The Bertz CT molecular complexity index is 353. The van der Waals surface area contributed by atoms with Crippen LogP contribution in [0.2, 0.25) is 0 Å². The van der Waals surface area contributed by atoms with Gasteiger partial charge in [-0.2, -0.15) is 5.26 Å². The molecule has 1 aromatic carbocycles. The summed E-state index contributed by atoms with van der Waals surface area (Å²) in [6, 6.07) is 3.47.